The molecule has 29 heavy (non-hydrogen) atoms. The summed E-state index contributed by atoms with van der Waals surface area (Å²) in [5.41, 5.74) is 3.14. The lowest BCUT2D eigenvalue weighted by molar-refractivity contribution is 0.0980. The minimum absolute atomic E-state index is 0.137. The number of rotatable bonds is 5. The molecular formula is C21H27N5O3. The van der Waals surface area contributed by atoms with Gasteiger partial charge in [-0.1, -0.05) is 12.1 Å². The van der Waals surface area contributed by atoms with Crippen molar-refractivity contribution in [3.8, 4) is 0 Å². The largest absolute Gasteiger partial charge is 0.450 e. The molecule has 1 saturated heterocycles. The molecule has 8 heteroatoms. The van der Waals surface area contributed by atoms with E-state index in [4.69, 9.17) is 4.74 Å². The van der Waals surface area contributed by atoms with Crippen LogP contribution in [0.1, 0.15) is 41.4 Å². The van der Waals surface area contributed by atoms with Gasteiger partial charge in [0.05, 0.1) is 6.61 Å². The molecule has 1 fully saturated rings. The Hall–Kier alpha value is -3.16. The molecule has 2 N–H and O–H groups in total. The number of nitrogens with zero attached hydrogens (tertiary/aromatic N) is 3. The molecule has 0 saturated carbocycles. The topological polar surface area (TPSA) is 96.5 Å². The molecule has 2 heterocycles. The number of hydrogen-bond donors (Lipinski definition) is 2. The standard InChI is InChI=1S/C21H27N5O3/c1-4-29-21(28)26-11-8-16(9-12-26)23-20-22-10-7-17(25-20)19(27)24-18-13-14(2)5-6-15(18)3/h5-7,10,13,16H,4,8-9,11-12H2,1-3H3,(H,24,27)(H,22,23,25). The molecule has 1 aromatic carbocycles. The fourth-order valence-corrected chi connectivity index (χ4v) is 3.22. The SMILES string of the molecule is CCOC(=O)N1CCC(Nc2nccc(C(=O)Nc3cc(C)ccc3C)n2)CC1. The van der Waals surface area contributed by atoms with E-state index in [1.807, 2.05) is 32.0 Å². The van der Waals surface area contributed by atoms with Gasteiger partial charge in [0, 0.05) is 31.0 Å². The van der Waals surface area contributed by atoms with E-state index in [9.17, 15) is 9.59 Å². The highest BCUT2D eigenvalue weighted by Gasteiger charge is 2.24. The molecule has 0 unspecified atom stereocenters. The van der Waals surface area contributed by atoms with E-state index in [1.54, 1.807) is 24.1 Å². The molecular weight excluding hydrogens is 370 g/mol. The third-order valence-corrected chi connectivity index (χ3v) is 4.88. The van der Waals surface area contributed by atoms with Gasteiger partial charge in [0.25, 0.3) is 5.91 Å². The van der Waals surface area contributed by atoms with Crippen LogP contribution in [0.15, 0.2) is 30.5 Å². The van der Waals surface area contributed by atoms with Crippen LogP contribution < -0.4 is 10.6 Å². The first kappa shape index (κ1) is 20.6. The number of ether oxygens (including phenoxy) is 1. The van der Waals surface area contributed by atoms with Crippen LogP contribution in [0.4, 0.5) is 16.4 Å². The van der Waals surface area contributed by atoms with E-state index in [0.29, 0.717) is 31.3 Å². The average Bonchev–Trinajstić information content (AvgIpc) is 2.71. The summed E-state index contributed by atoms with van der Waals surface area (Å²) < 4.78 is 5.04. The Balaban J connectivity index is 1.59. The lowest BCUT2D eigenvalue weighted by Gasteiger charge is -2.31. The molecule has 0 atom stereocenters. The number of anilines is 2. The number of benzene rings is 1. The van der Waals surface area contributed by atoms with E-state index in [1.165, 1.54) is 0 Å². The number of likely N-dealkylation sites (tertiary alicyclic amines) is 1. The normalized spacial score (nSPS) is 14.4. The molecule has 154 valence electrons. The Morgan fingerprint density at radius 1 is 1.21 bits per heavy atom. The fourth-order valence-electron chi connectivity index (χ4n) is 3.22. The summed E-state index contributed by atoms with van der Waals surface area (Å²) >= 11 is 0. The van der Waals surface area contributed by atoms with Crippen molar-refractivity contribution in [2.24, 2.45) is 0 Å². The zero-order valence-electron chi connectivity index (χ0n) is 17.1. The average molecular weight is 397 g/mol. The minimum Gasteiger partial charge on any atom is -0.450 e. The van der Waals surface area contributed by atoms with Crippen LogP contribution in [-0.4, -0.2) is 52.6 Å². The first-order chi connectivity index (χ1) is 14.0. The van der Waals surface area contributed by atoms with Gasteiger partial charge in [0.15, 0.2) is 0 Å². The van der Waals surface area contributed by atoms with Crippen LogP contribution in [0.3, 0.4) is 0 Å². The van der Waals surface area contributed by atoms with Crippen LogP contribution in [0.5, 0.6) is 0 Å². The zero-order chi connectivity index (χ0) is 20.8. The molecule has 2 amide bonds. The van der Waals surface area contributed by atoms with Crippen molar-refractivity contribution in [1.82, 2.24) is 14.9 Å². The first-order valence-corrected chi connectivity index (χ1v) is 9.86. The van der Waals surface area contributed by atoms with E-state index < -0.39 is 0 Å². The number of piperidine rings is 1. The molecule has 3 rings (SSSR count). The Bertz CT molecular complexity index is 878. The van der Waals surface area contributed by atoms with Gasteiger partial charge in [-0.3, -0.25) is 4.79 Å². The maximum absolute atomic E-state index is 12.6. The highest BCUT2D eigenvalue weighted by atomic mass is 16.6. The van der Waals surface area contributed by atoms with Crippen LogP contribution in [0.2, 0.25) is 0 Å². The summed E-state index contributed by atoms with van der Waals surface area (Å²) in [5.74, 6) is 0.134. The summed E-state index contributed by atoms with van der Waals surface area (Å²) in [6.45, 7) is 7.33. The highest BCUT2D eigenvalue weighted by Crippen LogP contribution is 2.18. The number of carbonyl (C=O) groups excluding carboxylic acids is 2. The molecule has 1 aliphatic rings. The molecule has 1 aromatic heterocycles. The van der Waals surface area contributed by atoms with Gasteiger partial charge in [-0.2, -0.15) is 0 Å². The van der Waals surface area contributed by atoms with Crippen molar-refractivity contribution in [2.75, 3.05) is 30.3 Å². The van der Waals surface area contributed by atoms with Gasteiger partial charge in [-0.05, 0) is 56.9 Å². The maximum Gasteiger partial charge on any atom is 0.409 e. The van der Waals surface area contributed by atoms with E-state index in [2.05, 4.69) is 20.6 Å². The van der Waals surface area contributed by atoms with E-state index >= 15 is 0 Å². The van der Waals surface area contributed by atoms with Crippen molar-refractivity contribution in [3.63, 3.8) is 0 Å². The lowest BCUT2D eigenvalue weighted by Crippen LogP contribution is -2.42. The van der Waals surface area contributed by atoms with Crippen molar-refractivity contribution in [3.05, 3.63) is 47.3 Å². The van der Waals surface area contributed by atoms with Crippen LogP contribution >= 0.6 is 0 Å². The van der Waals surface area contributed by atoms with Gasteiger partial charge in [-0.15, -0.1) is 0 Å². The van der Waals surface area contributed by atoms with E-state index in [0.717, 1.165) is 29.7 Å². The molecule has 2 aromatic rings. The summed E-state index contributed by atoms with van der Waals surface area (Å²) in [6.07, 6.45) is 2.83. The van der Waals surface area contributed by atoms with Gasteiger partial charge in [0.1, 0.15) is 5.69 Å². The molecule has 0 spiro atoms. The molecule has 0 aliphatic carbocycles. The second-order valence-electron chi connectivity index (χ2n) is 7.14. The van der Waals surface area contributed by atoms with Gasteiger partial charge < -0.3 is 20.3 Å². The van der Waals surface area contributed by atoms with Crippen molar-refractivity contribution in [1.29, 1.82) is 0 Å². The van der Waals surface area contributed by atoms with E-state index in [-0.39, 0.29) is 18.0 Å². The number of carbonyl (C=O) groups is 2. The monoisotopic (exact) mass is 397 g/mol. The summed E-state index contributed by atoms with van der Waals surface area (Å²) in [4.78, 5) is 34.7. The highest BCUT2D eigenvalue weighted by molar-refractivity contribution is 6.03. The second kappa shape index (κ2) is 9.36. The predicted octanol–water partition coefficient (Wildman–Crippen LogP) is 3.38. The van der Waals surface area contributed by atoms with Crippen molar-refractivity contribution in [2.45, 2.75) is 39.7 Å². The Morgan fingerprint density at radius 3 is 2.69 bits per heavy atom. The predicted molar refractivity (Wildman–Crippen MR) is 111 cm³/mol. The Labute approximate surface area is 170 Å². The summed E-state index contributed by atoms with van der Waals surface area (Å²) in [5, 5.41) is 6.18. The number of hydrogen-bond acceptors (Lipinski definition) is 6. The van der Waals surface area contributed by atoms with Crippen LogP contribution in [-0.2, 0) is 4.74 Å². The number of nitrogens with one attached hydrogen (secondary N) is 2. The summed E-state index contributed by atoms with van der Waals surface area (Å²) in [6, 6.07) is 7.64. The third-order valence-electron chi connectivity index (χ3n) is 4.88. The maximum atomic E-state index is 12.6. The molecule has 0 bridgehead atoms. The molecule has 8 nitrogen and oxygen atoms in total. The van der Waals surface area contributed by atoms with Crippen molar-refractivity contribution < 1.29 is 14.3 Å². The number of aromatic nitrogens is 2. The lowest BCUT2D eigenvalue weighted by atomic mass is 10.1. The number of amides is 2. The summed E-state index contributed by atoms with van der Waals surface area (Å²) in [7, 11) is 0. The fraction of sp³-hybridized carbons (Fsp3) is 0.429. The van der Waals surface area contributed by atoms with Gasteiger partial charge >= 0.3 is 6.09 Å². The van der Waals surface area contributed by atoms with Crippen LogP contribution in [0.25, 0.3) is 0 Å². The second-order valence-corrected chi connectivity index (χ2v) is 7.14. The molecule has 1 aliphatic heterocycles. The smallest absolute Gasteiger partial charge is 0.409 e. The molecule has 0 radical (unpaired) electrons. The first-order valence-electron chi connectivity index (χ1n) is 9.86. The third kappa shape index (κ3) is 5.43. The number of aryl methyl sites for hydroxylation is 2. The minimum atomic E-state index is -0.277. The van der Waals surface area contributed by atoms with Gasteiger partial charge in [-0.25, -0.2) is 14.8 Å². The van der Waals surface area contributed by atoms with Crippen molar-refractivity contribution >= 4 is 23.6 Å². The quantitative estimate of drug-likeness (QED) is 0.803. The Morgan fingerprint density at radius 2 is 1.97 bits per heavy atom. The Kier molecular flexibility index (Phi) is 6.64. The zero-order valence-corrected chi connectivity index (χ0v) is 17.1. The van der Waals surface area contributed by atoms with Gasteiger partial charge in [0.2, 0.25) is 5.95 Å². The van der Waals surface area contributed by atoms with Crippen LogP contribution in [0, 0.1) is 13.8 Å².